The Kier molecular flexibility index (Phi) is 4.79. The van der Waals surface area contributed by atoms with Crippen LogP contribution < -0.4 is 0 Å². The van der Waals surface area contributed by atoms with Gasteiger partial charge in [-0.3, -0.25) is 9.59 Å². The van der Waals surface area contributed by atoms with Gasteiger partial charge in [-0.15, -0.1) is 0 Å². The Balaban J connectivity index is 5.27. The molecule has 0 aromatic heterocycles. The summed E-state index contributed by atoms with van der Waals surface area (Å²) in [6.45, 7) is 0. The molecule has 0 aliphatic heterocycles. The van der Waals surface area contributed by atoms with Gasteiger partial charge in [0.1, 0.15) is 0 Å². The summed E-state index contributed by atoms with van der Waals surface area (Å²) in [6, 6.07) is -7.91. The Morgan fingerprint density at radius 3 is 0.950 bits per heavy atom. The molecule has 0 aliphatic rings. The summed E-state index contributed by atoms with van der Waals surface area (Å²) in [5, 5.41) is 0. The van der Waals surface area contributed by atoms with Gasteiger partial charge in [0.15, 0.2) is 0 Å². The van der Waals surface area contributed by atoms with Crippen molar-refractivity contribution in [1.82, 2.24) is 0 Å². The quantitative estimate of drug-likeness (QED) is 0.532. The Bertz CT molecular complexity index is 367. The molecule has 0 atom stereocenters. The van der Waals surface area contributed by atoms with Crippen LogP contribution >= 0.6 is 0 Å². The fourth-order valence-corrected chi connectivity index (χ4v) is 0.521. The molecule has 0 radical (unpaired) electrons. The first kappa shape index (κ1) is 18.6. The number of alkyl halides is 8. The topological polar surface area (TPSA) is 52.6 Å². The molecule has 0 aliphatic carbocycles. The third-order valence-electron chi connectivity index (χ3n) is 1.31. The number of carbonyl (C=O) groups excluding carboxylic acids is 2. The zero-order chi connectivity index (χ0) is 16.6. The van der Waals surface area contributed by atoms with Crippen LogP contribution in [0.1, 0.15) is 0 Å². The highest BCUT2D eigenvalue weighted by Crippen LogP contribution is 2.43. The third-order valence-corrected chi connectivity index (χ3v) is 1.31. The largest absolute Gasteiger partial charge is 0.453 e. The highest BCUT2D eigenvalue weighted by molar-refractivity contribution is 5.74. The third kappa shape index (κ3) is 4.03. The molecule has 0 saturated carbocycles. The second-order valence-electron chi connectivity index (χ2n) is 2.82. The smallest absolute Gasteiger partial charge is 0.251 e. The van der Waals surface area contributed by atoms with Gasteiger partial charge in [0.25, 0.3) is 0 Å². The fraction of sp³-hybridized carbons (Fsp3) is 0.667. The highest BCUT2D eigenvalue weighted by atomic mass is 19.3. The van der Waals surface area contributed by atoms with Crippen LogP contribution in [0, 0.1) is 0 Å². The first-order valence-corrected chi connectivity index (χ1v) is 3.86. The summed E-state index contributed by atoms with van der Waals surface area (Å²) in [5.41, 5.74) is 0. The molecule has 0 aromatic carbocycles. The van der Waals surface area contributed by atoms with Crippen LogP contribution in [-0.2, 0) is 19.1 Å². The molecule has 0 spiro atoms. The van der Waals surface area contributed by atoms with Gasteiger partial charge in [-0.25, -0.2) is 9.47 Å². The van der Waals surface area contributed by atoms with Crippen LogP contribution in [0.15, 0.2) is 0 Å². The molecular formula is C6F10O4. The summed E-state index contributed by atoms with van der Waals surface area (Å²) in [4.78, 5) is 18.9. The maximum atomic E-state index is 12.4. The van der Waals surface area contributed by atoms with Crippen molar-refractivity contribution in [3.8, 4) is 0 Å². The van der Waals surface area contributed by atoms with E-state index in [-0.39, 0.29) is 0 Å². The summed E-state index contributed by atoms with van der Waals surface area (Å²) < 4.78 is 124. The molecule has 118 valence electrons. The number of hydrogen-bond donors (Lipinski definition) is 0. The van der Waals surface area contributed by atoms with E-state index in [0.29, 0.717) is 0 Å². The van der Waals surface area contributed by atoms with Gasteiger partial charge in [0.2, 0.25) is 0 Å². The van der Waals surface area contributed by atoms with Gasteiger partial charge < -0.3 is 0 Å². The van der Waals surface area contributed by atoms with Gasteiger partial charge in [0, 0.05) is 0 Å². The Morgan fingerprint density at radius 1 is 0.600 bits per heavy atom. The standard InChI is InChI=1S/C6F10O4/c7-1(17)3(9,10)19-5(13,14)6(15,16)20-4(11,12)2(8)18. The van der Waals surface area contributed by atoms with Gasteiger partial charge >= 0.3 is 36.5 Å². The average Bonchev–Trinajstić information content (AvgIpc) is 2.12. The number of carbonyl (C=O) groups is 2. The summed E-state index contributed by atoms with van der Waals surface area (Å²) in [6.07, 6.45) is -25.7. The molecule has 0 saturated heterocycles. The molecule has 0 N–H and O–H groups in total. The molecule has 0 fully saturated rings. The molecule has 20 heavy (non-hydrogen) atoms. The lowest BCUT2D eigenvalue weighted by molar-refractivity contribution is -0.500. The van der Waals surface area contributed by atoms with Crippen molar-refractivity contribution >= 4 is 12.1 Å². The van der Waals surface area contributed by atoms with E-state index < -0.39 is 36.5 Å². The molecular weight excluding hydrogens is 326 g/mol. The number of hydrogen-bond acceptors (Lipinski definition) is 4. The first-order valence-electron chi connectivity index (χ1n) is 3.86. The molecule has 14 heteroatoms. The van der Waals surface area contributed by atoms with Gasteiger partial charge in [-0.1, -0.05) is 0 Å². The summed E-state index contributed by atoms with van der Waals surface area (Å²) in [7, 11) is 0. The maximum absolute atomic E-state index is 12.4. The normalized spacial score (nSPS) is 14.3. The van der Waals surface area contributed by atoms with Crippen LogP contribution in [0.3, 0.4) is 0 Å². The molecule has 0 bridgehead atoms. The second-order valence-corrected chi connectivity index (χ2v) is 2.82. The minimum absolute atomic E-state index is 1.74. The van der Waals surface area contributed by atoms with Gasteiger partial charge in [0.05, 0.1) is 0 Å². The highest BCUT2D eigenvalue weighted by Gasteiger charge is 2.69. The SMILES string of the molecule is O=C(F)C(F)(F)OC(F)(F)C(F)(F)OC(F)(F)C(=O)F. The van der Waals surface area contributed by atoms with Crippen molar-refractivity contribution in [2.24, 2.45) is 0 Å². The van der Waals surface area contributed by atoms with E-state index in [9.17, 15) is 53.5 Å². The van der Waals surface area contributed by atoms with Crippen LogP contribution in [0.4, 0.5) is 43.9 Å². The lowest BCUT2D eigenvalue weighted by atomic mass is 10.5. The fourth-order valence-electron chi connectivity index (χ4n) is 0.521. The Morgan fingerprint density at radius 2 is 0.800 bits per heavy atom. The monoisotopic (exact) mass is 326 g/mol. The van der Waals surface area contributed by atoms with Crippen LogP contribution in [0.25, 0.3) is 0 Å². The van der Waals surface area contributed by atoms with Gasteiger partial charge in [-0.05, 0) is 0 Å². The molecule has 0 rings (SSSR count). The van der Waals surface area contributed by atoms with E-state index in [2.05, 4.69) is 0 Å². The number of halogens is 10. The predicted octanol–water partition coefficient (Wildman–Crippen LogP) is 2.38. The maximum Gasteiger partial charge on any atom is 0.453 e. The van der Waals surface area contributed by atoms with Gasteiger partial charge in [-0.2, -0.15) is 43.9 Å². The second kappa shape index (κ2) is 5.16. The minimum Gasteiger partial charge on any atom is -0.251 e. The molecule has 0 amide bonds. The lowest BCUT2D eigenvalue weighted by Crippen LogP contribution is -2.53. The van der Waals surface area contributed by atoms with Crippen molar-refractivity contribution in [2.45, 2.75) is 24.4 Å². The summed E-state index contributed by atoms with van der Waals surface area (Å²) >= 11 is 0. The van der Waals surface area contributed by atoms with E-state index in [0.717, 1.165) is 0 Å². The Hall–Kier alpha value is -1.44. The lowest BCUT2D eigenvalue weighted by Gasteiger charge is -2.28. The minimum atomic E-state index is -6.71. The number of ether oxygens (including phenoxy) is 2. The van der Waals surface area contributed by atoms with Crippen molar-refractivity contribution in [3.63, 3.8) is 0 Å². The molecule has 0 heterocycles. The first-order chi connectivity index (χ1) is 8.55. The van der Waals surface area contributed by atoms with Crippen molar-refractivity contribution in [3.05, 3.63) is 0 Å². The van der Waals surface area contributed by atoms with Crippen LogP contribution in [0.2, 0.25) is 0 Å². The zero-order valence-electron chi connectivity index (χ0n) is 8.41. The zero-order valence-corrected chi connectivity index (χ0v) is 8.41. The molecule has 4 nitrogen and oxygen atoms in total. The molecule has 0 aromatic rings. The predicted molar refractivity (Wildman–Crippen MR) is 34.2 cm³/mol. The van der Waals surface area contributed by atoms with Crippen molar-refractivity contribution < 1.29 is 63.0 Å². The van der Waals surface area contributed by atoms with Crippen LogP contribution in [-0.4, -0.2) is 36.5 Å². The van der Waals surface area contributed by atoms with E-state index in [1.54, 1.807) is 9.47 Å². The Labute approximate surface area is 101 Å². The van der Waals surface area contributed by atoms with E-state index in [4.69, 9.17) is 0 Å². The van der Waals surface area contributed by atoms with E-state index >= 15 is 0 Å². The van der Waals surface area contributed by atoms with E-state index in [1.165, 1.54) is 0 Å². The summed E-state index contributed by atoms with van der Waals surface area (Å²) in [5.74, 6) is 0. The van der Waals surface area contributed by atoms with E-state index in [1.807, 2.05) is 0 Å². The van der Waals surface area contributed by atoms with Crippen molar-refractivity contribution in [2.75, 3.05) is 0 Å². The number of rotatable bonds is 7. The van der Waals surface area contributed by atoms with Crippen molar-refractivity contribution in [1.29, 1.82) is 0 Å². The van der Waals surface area contributed by atoms with Crippen LogP contribution in [0.5, 0.6) is 0 Å². The average molecular weight is 326 g/mol. The molecule has 0 unspecified atom stereocenters.